The van der Waals surface area contributed by atoms with Crippen molar-refractivity contribution in [2.75, 3.05) is 0 Å². The Hall–Kier alpha value is -0.880. The van der Waals surface area contributed by atoms with Gasteiger partial charge < -0.3 is 13.3 Å². The molecule has 0 radical (unpaired) electrons. The standard InChI is InChI=1S/C4H6N2O3S/c1-6-3-5-2-4(6)9-10(7)8/h2-3H,1H3,(H,7,8)/p-1. The van der Waals surface area contributed by atoms with Crippen LogP contribution in [0.25, 0.3) is 0 Å². The van der Waals surface area contributed by atoms with E-state index in [2.05, 4.69) is 9.17 Å². The molecule has 1 aromatic rings. The van der Waals surface area contributed by atoms with Gasteiger partial charge in [-0.05, 0) is 0 Å². The van der Waals surface area contributed by atoms with Gasteiger partial charge in [0.15, 0.2) is 0 Å². The van der Waals surface area contributed by atoms with Crippen molar-refractivity contribution in [3.8, 4) is 5.88 Å². The fourth-order valence-corrected chi connectivity index (χ4v) is 0.795. The molecule has 0 saturated heterocycles. The van der Waals surface area contributed by atoms with Crippen LogP contribution in [-0.4, -0.2) is 18.3 Å². The van der Waals surface area contributed by atoms with E-state index >= 15 is 0 Å². The third-order valence-corrected chi connectivity index (χ3v) is 1.23. The molecule has 0 amide bonds. The zero-order valence-electron chi connectivity index (χ0n) is 5.18. The Morgan fingerprint density at radius 1 is 1.90 bits per heavy atom. The van der Waals surface area contributed by atoms with Crippen LogP contribution in [0.5, 0.6) is 5.88 Å². The summed E-state index contributed by atoms with van der Waals surface area (Å²) in [5, 5.41) is 0. The minimum Gasteiger partial charge on any atom is -0.740 e. The molecule has 0 saturated carbocycles. The Labute approximate surface area is 60.1 Å². The summed E-state index contributed by atoms with van der Waals surface area (Å²) in [5.74, 6) is 0.202. The van der Waals surface area contributed by atoms with Crippen LogP contribution in [-0.2, 0) is 18.4 Å². The molecule has 1 atom stereocenters. The van der Waals surface area contributed by atoms with E-state index in [0.717, 1.165) is 0 Å². The maximum atomic E-state index is 9.96. The minimum atomic E-state index is -2.52. The van der Waals surface area contributed by atoms with Crippen molar-refractivity contribution >= 4 is 11.4 Å². The van der Waals surface area contributed by atoms with Gasteiger partial charge in [0, 0.05) is 7.05 Å². The van der Waals surface area contributed by atoms with Gasteiger partial charge in [0.05, 0.1) is 12.5 Å². The SMILES string of the molecule is Cn1cncc1OS(=O)[O-]. The maximum absolute atomic E-state index is 9.96. The molecule has 10 heavy (non-hydrogen) atoms. The van der Waals surface area contributed by atoms with Gasteiger partial charge in [-0.2, -0.15) is 0 Å². The van der Waals surface area contributed by atoms with E-state index in [0.29, 0.717) is 0 Å². The summed E-state index contributed by atoms with van der Waals surface area (Å²) in [6.45, 7) is 0. The second kappa shape index (κ2) is 2.80. The number of hydrogen-bond acceptors (Lipinski definition) is 4. The average molecular weight is 161 g/mol. The van der Waals surface area contributed by atoms with Crippen LogP contribution in [0.2, 0.25) is 0 Å². The molecular weight excluding hydrogens is 156 g/mol. The molecular formula is C4H5N2O3S-. The number of hydrogen-bond donors (Lipinski definition) is 0. The summed E-state index contributed by atoms with van der Waals surface area (Å²) >= 11 is -2.52. The molecule has 6 heteroatoms. The number of aryl methyl sites for hydroxylation is 1. The predicted octanol–water partition coefficient (Wildman–Crippen LogP) is -0.407. The monoisotopic (exact) mass is 161 g/mol. The van der Waals surface area contributed by atoms with E-state index in [1.807, 2.05) is 0 Å². The van der Waals surface area contributed by atoms with Crippen LogP contribution >= 0.6 is 0 Å². The first-order chi connectivity index (χ1) is 4.70. The molecule has 0 bridgehead atoms. The number of rotatable bonds is 2. The van der Waals surface area contributed by atoms with Gasteiger partial charge in [0.1, 0.15) is 11.4 Å². The molecule has 0 aliphatic carbocycles. The fraction of sp³-hybridized carbons (Fsp3) is 0.250. The zero-order valence-corrected chi connectivity index (χ0v) is 6.00. The average Bonchev–Trinajstić information content (AvgIpc) is 2.15. The lowest BCUT2D eigenvalue weighted by molar-refractivity contribution is 0.425. The van der Waals surface area contributed by atoms with Gasteiger partial charge in [-0.1, -0.05) is 0 Å². The minimum absolute atomic E-state index is 0.202. The van der Waals surface area contributed by atoms with E-state index in [4.69, 9.17) is 0 Å². The van der Waals surface area contributed by atoms with Crippen LogP contribution in [0.15, 0.2) is 12.5 Å². The third-order valence-electron chi connectivity index (χ3n) is 0.926. The number of imidazole rings is 1. The van der Waals surface area contributed by atoms with Crippen LogP contribution in [0.3, 0.4) is 0 Å². The van der Waals surface area contributed by atoms with Crippen LogP contribution < -0.4 is 4.18 Å². The predicted molar refractivity (Wildman–Crippen MR) is 32.8 cm³/mol. The first-order valence-corrected chi connectivity index (χ1v) is 3.44. The summed E-state index contributed by atoms with van der Waals surface area (Å²) in [4.78, 5) is 3.64. The number of nitrogens with zero attached hydrogens (tertiary/aromatic N) is 2. The molecule has 1 heterocycles. The lowest BCUT2D eigenvalue weighted by Gasteiger charge is -2.05. The van der Waals surface area contributed by atoms with Gasteiger partial charge >= 0.3 is 0 Å². The van der Waals surface area contributed by atoms with Crippen molar-refractivity contribution in [3.05, 3.63) is 12.5 Å². The smallest absolute Gasteiger partial charge is 0.229 e. The maximum Gasteiger partial charge on any atom is 0.229 e. The fourth-order valence-electron chi connectivity index (χ4n) is 0.495. The molecule has 1 aromatic heterocycles. The van der Waals surface area contributed by atoms with E-state index in [1.54, 1.807) is 7.05 Å². The van der Waals surface area contributed by atoms with E-state index in [1.165, 1.54) is 17.1 Å². The Morgan fingerprint density at radius 3 is 3.00 bits per heavy atom. The Morgan fingerprint density at radius 2 is 2.60 bits per heavy atom. The third kappa shape index (κ3) is 1.55. The Bertz CT molecular complexity index is 246. The lowest BCUT2D eigenvalue weighted by Crippen LogP contribution is -2.01. The van der Waals surface area contributed by atoms with E-state index in [9.17, 15) is 8.76 Å². The number of aromatic nitrogens is 2. The molecule has 0 aliphatic rings. The zero-order chi connectivity index (χ0) is 7.56. The second-order valence-electron chi connectivity index (χ2n) is 1.63. The van der Waals surface area contributed by atoms with Gasteiger partial charge in [0.25, 0.3) is 0 Å². The molecule has 1 unspecified atom stereocenters. The van der Waals surface area contributed by atoms with Crippen molar-refractivity contribution in [2.24, 2.45) is 7.05 Å². The highest BCUT2D eigenvalue weighted by Gasteiger charge is 1.96. The molecule has 5 nitrogen and oxygen atoms in total. The van der Waals surface area contributed by atoms with Crippen LogP contribution in [0.1, 0.15) is 0 Å². The Balaban J connectivity index is 2.74. The first kappa shape index (κ1) is 7.23. The molecule has 56 valence electrons. The van der Waals surface area contributed by atoms with Gasteiger partial charge in [-0.3, -0.25) is 0 Å². The summed E-state index contributed by atoms with van der Waals surface area (Å²) < 4.78 is 25.7. The first-order valence-electron chi connectivity index (χ1n) is 2.44. The van der Waals surface area contributed by atoms with Gasteiger partial charge in [-0.25, -0.2) is 9.19 Å². The molecule has 0 fully saturated rings. The van der Waals surface area contributed by atoms with E-state index < -0.39 is 11.4 Å². The van der Waals surface area contributed by atoms with Crippen LogP contribution in [0, 0.1) is 0 Å². The highest BCUT2D eigenvalue weighted by Crippen LogP contribution is 2.06. The van der Waals surface area contributed by atoms with Gasteiger partial charge in [-0.15, -0.1) is 0 Å². The molecule has 1 rings (SSSR count). The highest BCUT2D eigenvalue weighted by molar-refractivity contribution is 7.74. The van der Waals surface area contributed by atoms with Crippen molar-refractivity contribution in [1.82, 2.24) is 9.55 Å². The summed E-state index contributed by atoms with van der Waals surface area (Å²) in [7, 11) is 1.63. The van der Waals surface area contributed by atoms with Crippen molar-refractivity contribution in [1.29, 1.82) is 0 Å². The largest absolute Gasteiger partial charge is 0.740 e. The van der Waals surface area contributed by atoms with Crippen molar-refractivity contribution < 1.29 is 12.9 Å². The van der Waals surface area contributed by atoms with E-state index in [-0.39, 0.29) is 5.88 Å². The molecule has 0 spiro atoms. The Kier molecular flexibility index (Phi) is 2.03. The van der Waals surface area contributed by atoms with Crippen molar-refractivity contribution in [2.45, 2.75) is 0 Å². The second-order valence-corrected chi connectivity index (χ2v) is 2.21. The lowest BCUT2D eigenvalue weighted by atomic mass is 10.8. The van der Waals surface area contributed by atoms with Crippen molar-refractivity contribution in [3.63, 3.8) is 0 Å². The summed E-state index contributed by atoms with van der Waals surface area (Å²) in [6.07, 6.45) is 2.76. The summed E-state index contributed by atoms with van der Waals surface area (Å²) in [6, 6.07) is 0. The highest BCUT2D eigenvalue weighted by atomic mass is 32.2. The quantitative estimate of drug-likeness (QED) is 0.553. The normalized spacial score (nSPS) is 13.0. The molecule has 0 aromatic carbocycles. The molecule has 0 aliphatic heterocycles. The molecule has 0 N–H and O–H groups in total. The van der Waals surface area contributed by atoms with Gasteiger partial charge in [0.2, 0.25) is 5.88 Å². The summed E-state index contributed by atoms with van der Waals surface area (Å²) in [5.41, 5.74) is 0. The topological polar surface area (TPSA) is 67.2 Å². The van der Waals surface area contributed by atoms with Crippen LogP contribution in [0.4, 0.5) is 0 Å².